The number of aromatic nitrogens is 4. The smallest absolute Gasteiger partial charge is 0.407 e. The molecule has 3 fully saturated rings. The SMILES string of the molecule is COC(=O)N[C@H](C(=O)N1CCCC1c1ncc(-c2ccc(-c3ccc(C#Cc4cnc([C@@H]5CCCN5C(=O)[C@@H](NC(=O)OC)C(C)C)[nH]4)c4c3CC3(CCCC3)C4)cc2)[nH]1)C(C)C. The van der Waals surface area contributed by atoms with Crippen LogP contribution in [0, 0.1) is 29.1 Å². The minimum atomic E-state index is -0.695. The monoisotopic (exact) mass is 856 g/mol. The summed E-state index contributed by atoms with van der Waals surface area (Å²) in [7, 11) is 2.60. The molecule has 2 saturated heterocycles. The van der Waals surface area contributed by atoms with Gasteiger partial charge in [0.15, 0.2) is 0 Å². The van der Waals surface area contributed by atoms with Crippen molar-refractivity contribution in [1.82, 2.24) is 40.4 Å². The number of methoxy groups -OCH3 is 2. The molecule has 4 atom stereocenters. The van der Waals surface area contributed by atoms with Gasteiger partial charge in [-0.2, -0.15) is 0 Å². The van der Waals surface area contributed by atoms with Crippen LogP contribution in [0.3, 0.4) is 0 Å². The van der Waals surface area contributed by atoms with Gasteiger partial charge in [-0.3, -0.25) is 9.59 Å². The van der Waals surface area contributed by atoms with Gasteiger partial charge >= 0.3 is 12.2 Å². The fourth-order valence-electron chi connectivity index (χ4n) is 10.3. The topological polar surface area (TPSA) is 175 Å². The summed E-state index contributed by atoms with van der Waals surface area (Å²) in [5.74, 6) is 7.83. The molecule has 332 valence electrons. The van der Waals surface area contributed by atoms with Gasteiger partial charge in [-0.1, -0.05) is 76.8 Å². The van der Waals surface area contributed by atoms with Crippen LogP contribution in [0.4, 0.5) is 9.59 Å². The molecule has 4 heterocycles. The number of likely N-dealkylation sites (tertiary alicyclic amines) is 2. The van der Waals surface area contributed by atoms with Crippen LogP contribution >= 0.6 is 0 Å². The van der Waals surface area contributed by atoms with Crippen LogP contribution in [0.2, 0.25) is 0 Å². The van der Waals surface area contributed by atoms with Gasteiger partial charge in [-0.25, -0.2) is 19.6 Å². The Kier molecular flexibility index (Phi) is 12.7. The molecule has 8 rings (SSSR count). The first-order valence-electron chi connectivity index (χ1n) is 22.6. The van der Waals surface area contributed by atoms with E-state index in [-0.39, 0.29) is 41.1 Å². The number of imidazole rings is 2. The van der Waals surface area contributed by atoms with E-state index in [1.807, 2.05) is 43.7 Å². The third kappa shape index (κ3) is 8.92. The predicted octanol–water partition coefficient (Wildman–Crippen LogP) is 7.61. The third-order valence-electron chi connectivity index (χ3n) is 13.7. The van der Waals surface area contributed by atoms with Gasteiger partial charge in [0.05, 0.1) is 44.4 Å². The number of hydrogen-bond donors (Lipinski definition) is 4. The highest BCUT2D eigenvalue weighted by Gasteiger charge is 2.42. The Morgan fingerprint density at radius 3 is 1.81 bits per heavy atom. The number of ether oxygens (including phenoxy) is 2. The molecular formula is C49H60N8O6. The van der Waals surface area contributed by atoms with E-state index >= 15 is 0 Å². The molecule has 2 aromatic heterocycles. The molecule has 14 heteroatoms. The quantitative estimate of drug-likeness (QED) is 0.118. The number of aromatic amines is 2. The van der Waals surface area contributed by atoms with Crippen molar-refractivity contribution in [3.8, 4) is 34.2 Å². The number of hydrogen-bond acceptors (Lipinski definition) is 8. The van der Waals surface area contributed by atoms with Crippen molar-refractivity contribution in [2.45, 2.75) is 116 Å². The average molecular weight is 857 g/mol. The van der Waals surface area contributed by atoms with Gasteiger partial charge in [-0.05, 0) is 108 Å². The summed E-state index contributed by atoms with van der Waals surface area (Å²) < 4.78 is 9.58. The number of nitrogens with zero attached hydrogens (tertiary/aromatic N) is 4. The summed E-state index contributed by atoms with van der Waals surface area (Å²) in [6.45, 7) is 8.83. The van der Waals surface area contributed by atoms with E-state index in [1.54, 1.807) is 6.20 Å². The van der Waals surface area contributed by atoms with Crippen molar-refractivity contribution < 1.29 is 28.7 Å². The number of benzene rings is 2. The molecule has 1 spiro atoms. The molecule has 0 radical (unpaired) electrons. The van der Waals surface area contributed by atoms with Crippen molar-refractivity contribution in [3.05, 3.63) is 82.8 Å². The lowest BCUT2D eigenvalue weighted by atomic mass is 9.83. The zero-order valence-corrected chi connectivity index (χ0v) is 37.3. The van der Waals surface area contributed by atoms with E-state index in [1.165, 1.54) is 56.6 Å². The fourth-order valence-corrected chi connectivity index (χ4v) is 10.3. The van der Waals surface area contributed by atoms with E-state index in [0.717, 1.165) is 66.7 Å². The lowest BCUT2D eigenvalue weighted by Crippen LogP contribution is -2.51. The largest absolute Gasteiger partial charge is 0.453 e. The van der Waals surface area contributed by atoms with Gasteiger partial charge in [0.2, 0.25) is 11.8 Å². The van der Waals surface area contributed by atoms with Crippen LogP contribution in [0.1, 0.15) is 125 Å². The normalized spacial score (nSPS) is 19.8. The second-order valence-electron chi connectivity index (χ2n) is 18.5. The summed E-state index contributed by atoms with van der Waals surface area (Å²) in [4.78, 5) is 71.4. The average Bonchev–Trinajstić information content (AvgIpc) is 4.14. The number of nitrogens with one attached hydrogen (secondary N) is 4. The van der Waals surface area contributed by atoms with Crippen LogP contribution < -0.4 is 10.6 Å². The minimum Gasteiger partial charge on any atom is -0.453 e. The van der Waals surface area contributed by atoms with Crippen molar-refractivity contribution in [3.63, 3.8) is 0 Å². The zero-order valence-electron chi connectivity index (χ0n) is 37.3. The predicted molar refractivity (Wildman–Crippen MR) is 238 cm³/mol. The number of carbonyl (C=O) groups excluding carboxylic acids is 4. The standard InChI is InChI=1S/C49H60N8O6/c1-29(2)41(54-47(60)62-5)45(58)56-23-9-11-39(56)43-50-27-34(52-43)19-17-32-18-20-35(37-26-49(25-36(32)37)21-7-8-22-49)31-13-15-33(16-14-31)38-28-51-44(53-38)40-12-10-24-57(40)46(59)42(30(3)4)55-48(61)63-6/h13-16,18,20,27-30,39-42H,7-12,21-26H2,1-6H3,(H,50,52)(H,51,53)(H,54,60)(H,55,61)/t39-,40?,41-,42-/m0/s1. The van der Waals surface area contributed by atoms with E-state index in [4.69, 9.17) is 14.5 Å². The van der Waals surface area contributed by atoms with Gasteiger partial charge in [0.1, 0.15) is 29.4 Å². The Hall–Kier alpha value is -6.10. The molecule has 2 aromatic carbocycles. The summed E-state index contributed by atoms with van der Waals surface area (Å²) in [6.07, 6.45) is 12.7. The van der Waals surface area contributed by atoms with E-state index in [0.29, 0.717) is 24.6 Å². The summed E-state index contributed by atoms with van der Waals surface area (Å²) >= 11 is 0. The van der Waals surface area contributed by atoms with E-state index < -0.39 is 24.3 Å². The molecule has 2 aliphatic carbocycles. The van der Waals surface area contributed by atoms with Crippen LogP contribution in [0.25, 0.3) is 22.4 Å². The van der Waals surface area contributed by atoms with Crippen LogP contribution in [0.15, 0.2) is 48.8 Å². The Morgan fingerprint density at radius 1 is 0.698 bits per heavy atom. The number of fused-ring (bicyclic) bond motifs is 1. The molecule has 1 unspecified atom stereocenters. The number of amides is 4. The zero-order chi connectivity index (χ0) is 44.4. The summed E-state index contributed by atoms with van der Waals surface area (Å²) in [5.41, 5.74) is 9.04. The molecule has 1 saturated carbocycles. The maximum Gasteiger partial charge on any atom is 0.407 e. The highest BCUT2D eigenvalue weighted by atomic mass is 16.5. The van der Waals surface area contributed by atoms with E-state index in [2.05, 4.69) is 73.8 Å². The van der Waals surface area contributed by atoms with Crippen LogP contribution in [-0.4, -0.2) is 93.1 Å². The molecule has 2 aliphatic heterocycles. The van der Waals surface area contributed by atoms with Crippen LogP contribution in [-0.2, 0) is 31.9 Å². The molecule has 0 bridgehead atoms. The number of alkyl carbamates (subject to hydrolysis) is 2. The molecule has 4 aliphatic rings. The maximum absolute atomic E-state index is 13.7. The first-order chi connectivity index (χ1) is 30.4. The molecular weight excluding hydrogens is 797 g/mol. The van der Waals surface area contributed by atoms with Crippen molar-refractivity contribution in [2.24, 2.45) is 17.3 Å². The summed E-state index contributed by atoms with van der Waals surface area (Å²) in [5, 5.41) is 5.43. The fraction of sp³-hybridized carbons (Fsp3) is 0.510. The maximum atomic E-state index is 13.7. The van der Waals surface area contributed by atoms with Crippen molar-refractivity contribution in [1.29, 1.82) is 0 Å². The van der Waals surface area contributed by atoms with Gasteiger partial charge in [-0.15, -0.1) is 0 Å². The van der Waals surface area contributed by atoms with Gasteiger partial charge < -0.3 is 39.9 Å². The highest BCUT2D eigenvalue weighted by molar-refractivity contribution is 5.87. The molecule has 4 N–H and O–H groups in total. The Labute approximate surface area is 369 Å². The summed E-state index contributed by atoms with van der Waals surface area (Å²) in [6, 6.07) is 11.2. The molecule has 4 amide bonds. The highest BCUT2D eigenvalue weighted by Crippen LogP contribution is 2.51. The first-order valence-corrected chi connectivity index (χ1v) is 22.6. The molecule has 63 heavy (non-hydrogen) atoms. The molecule has 4 aromatic rings. The lowest BCUT2D eigenvalue weighted by Gasteiger charge is -2.30. The Bertz CT molecular complexity index is 2400. The number of rotatable bonds is 10. The van der Waals surface area contributed by atoms with Crippen molar-refractivity contribution in [2.75, 3.05) is 27.3 Å². The van der Waals surface area contributed by atoms with Gasteiger partial charge in [0.25, 0.3) is 0 Å². The molecule has 14 nitrogen and oxygen atoms in total. The van der Waals surface area contributed by atoms with Gasteiger partial charge in [0, 0.05) is 18.7 Å². The van der Waals surface area contributed by atoms with Crippen molar-refractivity contribution >= 4 is 24.0 Å². The Morgan fingerprint density at radius 2 is 1.24 bits per heavy atom. The second-order valence-corrected chi connectivity index (χ2v) is 18.5. The lowest BCUT2D eigenvalue weighted by molar-refractivity contribution is -0.136. The third-order valence-corrected chi connectivity index (χ3v) is 13.7. The number of H-pyrrole nitrogens is 2. The van der Waals surface area contributed by atoms with E-state index in [9.17, 15) is 19.2 Å². The Balaban J connectivity index is 1.00. The first kappa shape index (κ1) is 43.5. The van der Waals surface area contributed by atoms with Crippen LogP contribution in [0.5, 0.6) is 0 Å². The second kappa shape index (κ2) is 18.3. The minimum absolute atomic E-state index is 0.105. The number of carbonyl (C=O) groups is 4.